The predicted octanol–water partition coefficient (Wildman–Crippen LogP) is 2.46. The molecule has 1 aromatic carbocycles. The van der Waals surface area contributed by atoms with Gasteiger partial charge in [-0.15, -0.1) is 0 Å². The summed E-state index contributed by atoms with van der Waals surface area (Å²) in [6.07, 6.45) is 2.42. The molecule has 0 unspecified atom stereocenters. The van der Waals surface area contributed by atoms with Crippen molar-refractivity contribution >= 4 is 18.3 Å². The molecule has 116 valence electrons. The number of hydrogen-bond donors (Lipinski definition) is 0. The van der Waals surface area contributed by atoms with E-state index in [0.717, 1.165) is 24.2 Å². The maximum atomic E-state index is 9.33. The minimum atomic E-state index is -0.417. The number of benzene rings is 1. The summed E-state index contributed by atoms with van der Waals surface area (Å²) in [4.78, 5) is 2.33. The maximum Gasteiger partial charge on any atom is 0.494 e. The zero-order chi connectivity index (χ0) is 16.0. The van der Waals surface area contributed by atoms with Crippen LogP contribution >= 0.6 is 0 Å². The maximum absolute atomic E-state index is 9.33. The smallest absolute Gasteiger partial charge is 0.399 e. The lowest BCUT2D eigenvalue weighted by Gasteiger charge is -2.32. The highest BCUT2D eigenvalue weighted by Crippen LogP contribution is 2.36. The van der Waals surface area contributed by atoms with E-state index in [-0.39, 0.29) is 11.2 Å². The first-order chi connectivity index (χ1) is 10.3. The van der Waals surface area contributed by atoms with Gasteiger partial charge in [0.2, 0.25) is 0 Å². The Bertz CT molecular complexity index is 600. The van der Waals surface area contributed by atoms with Crippen LogP contribution in [0.2, 0.25) is 0 Å². The highest BCUT2D eigenvalue weighted by Gasteiger charge is 2.51. The zero-order valence-corrected chi connectivity index (χ0v) is 13.8. The van der Waals surface area contributed by atoms with Crippen LogP contribution in [0.5, 0.6) is 0 Å². The summed E-state index contributed by atoms with van der Waals surface area (Å²) in [6.45, 7) is 10.3. The van der Waals surface area contributed by atoms with Gasteiger partial charge in [-0.05, 0) is 64.2 Å². The first-order valence-electron chi connectivity index (χ1n) is 7.98. The van der Waals surface area contributed by atoms with E-state index in [2.05, 4.69) is 17.0 Å². The molecular weight excluding hydrogens is 275 g/mol. The summed E-state index contributed by atoms with van der Waals surface area (Å²) >= 11 is 0. The van der Waals surface area contributed by atoms with Crippen LogP contribution in [-0.4, -0.2) is 31.4 Å². The van der Waals surface area contributed by atoms with E-state index in [1.165, 1.54) is 12.8 Å². The largest absolute Gasteiger partial charge is 0.494 e. The molecule has 2 aliphatic rings. The van der Waals surface area contributed by atoms with E-state index < -0.39 is 7.12 Å². The van der Waals surface area contributed by atoms with Gasteiger partial charge in [0, 0.05) is 18.8 Å². The highest BCUT2D eigenvalue weighted by atomic mass is 16.7. The molecule has 0 saturated carbocycles. The fourth-order valence-electron chi connectivity index (χ4n) is 2.97. The molecular formula is C17H23BN2O2. The van der Waals surface area contributed by atoms with E-state index >= 15 is 0 Å². The molecule has 0 aromatic heterocycles. The third-order valence-corrected chi connectivity index (χ3v) is 5.07. The molecule has 4 nitrogen and oxygen atoms in total. The Morgan fingerprint density at radius 1 is 1.05 bits per heavy atom. The summed E-state index contributed by atoms with van der Waals surface area (Å²) in [5.74, 6) is 0. The monoisotopic (exact) mass is 298 g/mol. The van der Waals surface area contributed by atoms with Crippen LogP contribution in [-0.2, 0) is 9.31 Å². The fourth-order valence-corrected chi connectivity index (χ4v) is 2.97. The number of nitriles is 1. The molecule has 0 atom stereocenters. The van der Waals surface area contributed by atoms with Crippen molar-refractivity contribution in [3.05, 3.63) is 23.8 Å². The van der Waals surface area contributed by atoms with Gasteiger partial charge in [0.1, 0.15) is 0 Å². The zero-order valence-electron chi connectivity index (χ0n) is 13.8. The van der Waals surface area contributed by atoms with Gasteiger partial charge in [0.25, 0.3) is 0 Å². The molecule has 0 aliphatic carbocycles. The summed E-state index contributed by atoms with van der Waals surface area (Å²) < 4.78 is 12.2. The van der Waals surface area contributed by atoms with Crippen LogP contribution in [0.15, 0.2) is 18.2 Å². The van der Waals surface area contributed by atoms with Gasteiger partial charge in [-0.25, -0.2) is 0 Å². The molecule has 2 heterocycles. The Kier molecular flexibility index (Phi) is 3.70. The Morgan fingerprint density at radius 3 is 2.18 bits per heavy atom. The van der Waals surface area contributed by atoms with Crippen molar-refractivity contribution in [2.75, 3.05) is 18.0 Å². The SMILES string of the molecule is CC1(C)OB(c2cc(C#N)cc(N3CCCC3)c2)OC1(C)C. The van der Waals surface area contributed by atoms with E-state index in [1.807, 2.05) is 39.8 Å². The molecule has 0 N–H and O–H groups in total. The first kappa shape index (κ1) is 15.4. The quantitative estimate of drug-likeness (QED) is 0.787. The van der Waals surface area contributed by atoms with Crippen molar-refractivity contribution in [1.29, 1.82) is 5.26 Å². The van der Waals surface area contributed by atoms with Crippen molar-refractivity contribution in [2.24, 2.45) is 0 Å². The van der Waals surface area contributed by atoms with Crippen molar-refractivity contribution < 1.29 is 9.31 Å². The first-order valence-corrected chi connectivity index (χ1v) is 7.98. The van der Waals surface area contributed by atoms with Gasteiger partial charge in [-0.3, -0.25) is 0 Å². The predicted molar refractivity (Wildman–Crippen MR) is 88.3 cm³/mol. The third kappa shape index (κ3) is 2.62. The number of nitrogens with zero attached hydrogens (tertiary/aromatic N) is 2. The Labute approximate surface area is 133 Å². The number of rotatable bonds is 2. The molecule has 2 saturated heterocycles. The summed E-state index contributed by atoms with van der Waals surface area (Å²) in [6, 6.07) is 8.20. The molecule has 2 fully saturated rings. The van der Waals surface area contributed by atoms with Gasteiger partial charge >= 0.3 is 7.12 Å². The minimum absolute atomic E-state index is 0.367. The van der Waals surface area contributed by atoms with Crippen molar-refractivity contribution in [1.82, 2.24) is 0 Å². The van der Waals surface area contributed by atoms with Crippen LogP contribution in [0.25, 0.3) is 0 Å². The Morgan fingerprint density at radius 2 is 1.64 bits per heavy atom. The van der Waals surface area contributed by atoms with E-state index in [0.29, 0.717) is 5.56 Å². The van der Waals surface area contributed by atoms with E-state index in [4.69, 9.17) is 9.31 Å². The topological polar surface area (TPSA) is 45.5 Å². The lowest BCUT2D eigenvalue weighted by atomic mass is 9.78. The molecule has 0 amide bonds. The van der Waals surface area contributed by atoms with Crippen LogP contribution in [0.1, 0.15) is 46.1 Å². The molecule has 5 heteroatoms. The standard InChI is InChI=1S/C17H23BN2O2/c1-16(2)17(3,4)22-18(21-16)14-9-13(12-19)10-15(11-14)20-7-5-6-8-20/h9-11H,5-8H2,1-4H3. The summed E-state index contributed by atoms with van der Waals surface area (Å²) in [7, 11) is -0.417. The van der Waals surface area contributed by atoms with Crippen molar-refractivity contribution in [3.8, 4) is 6.07 Å². The number of hydrogen-bond acceptors (Lipinski definition) is 4. The van der Waals surface area contributed by atoms with Gasteiger partial charge < -0.3 is 14.2 Å². The summed E-state index contributed by atoms with van der Waals surface area (Å²) in [5.41, 5.74) is 1.96. The van der Waals surface area contributed by atoms with Gasteiger partial charge in [-0.2, -0.15) is 5.26 Å². The van der Waals surface area contributed by atoms with Crippen molar-refractivity contribution in [3.63, 3.8) is 0 Å². The average Bonchev–Trinajstić information content (AvgIpc) is 3.05. The molecule has 0 radical (unpaired) electrons. The normalized spacial score (nSPS) is 22.9. The van der Waals surface area contributed by atoms with E-state index in [1.54, 1.807) is 0 Å². The van der Waals surface area contributed by atoms with Gasteiger partial charge in [0.15, 0.2) is 0 Å². The van der Waals surface area contributed by atoms with E-state index in [9.17, 15) is 5.26 Å². The van der Waals surface area contributed by atoms with Crippen LogP contribution in [0.4, 0.5) is 5.69 Å². The fraction of sp³-hybridized carbons (Fsp3) is 0.588. The third-order valence-electron chi connectivity index (χ3n) is 5.07. The second kappa shape index (κ2) is 5.29. The second-order valence-electron chi connectivity index (χ2n) is 7.21. The number of anilines is 1. The Hall–Kier alpha value is -1.51. The molecule has 0 spiro atoms. The van der Waals surface area contributed by atoms with Crippen LogP contribution < -0.4 is 10.4 Å². The van der Waals surface area contributed by atoms with Crippen LogP contribution in [0.3, 0.4) is 0 Å². The average molecular weight is 298 g/mol. The molecule has 3 rings (SSSR count). The molecule has 22 heavy (non-hydrogen) atoms. The summed E-state index contributed by atoms with van der Waals surface area (Å²) in [5, 5.41) is 9.33. The lowest BCUT2D eigenvalue weighted by molar-refractivity contribution is 0.00578. The van der Waals surface area contributed by atoms with Crippen molar-refractivity contribution in [2.45, 2.75) is 51.7 Å². The minimum Gasteiger partial charge on any atom is -0.399 e. The highest BCUT2D eigenvalue weighted by molar-refractivity contribution is 6.62. The Balaban J connectivity index is 1.94. The van der Waals surface area contributed by atoms with Crippen LogP contribution in [0, 0.1) is 11.3 Å². The molecule has 1 aromatic rings. The lowest BCUT2D eigenvalue weighted by Crippen LogP contribution is -2.41. The molecule has 0 bridgehead atoms. The molecule has 2 aliphatic heterocycles. The second-order valence-corrected chi connectivity index (χ2v) is 7.21. The van der Waals surface area contributed by atoms with Gasteiger partial charge in [-0.1, -0.05) is 0 Å². The van der Waals surface area contributed by atoms with Gasteiger partial charge in [0.05, 0.1) is 22.8 Å².